The highest BCUT2D eigenvalue weighted by Crippen LogP contribution is 2.08. The zero-order chi connectivity index (χ0) is 12.9. The zero-order valence-corrected chi connectivity index (χ0v) is 10.2. The second-order valence-corrected chi connectivity index (χ2v) is 4.11. The number of nitrogens with zero attached hydrogens (tertiary/aromatic N) is 2. The van der Waals surface area contributed by atoms with E-state index < -0.39 is 0 Å². The highest BCUT2D eigenvalue weighted by molar-refractivity contribution is 6.09. The second kappa shape index (κ2) is 5.24. The van der Waals surface area contributed by atoms with Crippen molar-refractivity contribution in [3.8, 4) is 11.8 Å². The average Bonchev–Trinajstić information content (AvgIpc) is 3.01. The van der Waals surface area contributed by atoms with E-state index in [-0.39, 0.29) is 0 Å². The molecule has 0 bridgehead atoms. The van der Waals surface area contributed by atoms with Gasteiger partial charge in [-0.1, -0.05) is 42.2 Å². The molecule has 2 aromatic rings. The molecule has 2 aromatic carbocycles. The van der Waals surface area contributed by atoms with E-state index in [1.807, 2.05) is 60.7 Å². The Hall–Kier alpha value is -2.79. The summed E-state index contributed by atoms with van der Waals surface area (Å²) in [6.45, 7) is 0. The van der Waals surface area contributed by atoms with Crippen molar-refractivity contribution in [3.05, 3.63) is 83.6 Å². The quantitative estimate of drug-likeness (QED) is 0.688. The molecule has 0 aromatic heterocycles. The number of hydrogen-bond acceptors (Lipinski definition) is 1. The first-order chi connectivity index (χ1) is 9.42. The highest BCUT2D eigenvalue weighted by Gasteiger charge is 2.03. The standard InChI is InChI=1S/C17H11N2/c1-2-4-14(5-3-1)6-7-15-8-10-16(11-9-15)17-12-13-18-19-17/h1-5,8-13H. The summed E-state index contributed by atoms with van der Waals surface area (Å²) >= 11 is 0. The summed E-state index contributed by atoms with van der Waals surface area (Å²) in [5.41, 5.74) is 7.78. The fourth-order valence-corrected chi connectivity index (χ4v) is 1.78. The minimum atomic E-state index is 0.891. The maximum absolute atomic E-state index is 4.02. The number of benzene rings is 2. The fourth-order valence-electron chi connectivity index (χ4n) is 1.78. The van der Waals surface area contributed by atoms with Crippen LogP contribution in [0.5, 0.6) is 0 Å². The van der Waals surface area contributed by atoms with Crippen LogP contribution < -0.4 is 5.43 Å². The topological polar surface area (TPSA) is 26.5 Å². The van der Waals surface area contributed by atoms with Crippen molar-refractivity contribution < 1.29 is 0 Å². The Morgan fingerprint density at radius 2 is 1.42 bits per heavy atom. The van der Waals surface area contributed by atoms with Crippen LogP contribution in [0.25, 0.3) is 0 Å². The fraction of sp³-hybridized carbons (Fsp3) is 0. The summed E-state index contributed by atoms with van der Waals surface area (Å²) in [4.78, 5) is 0. The minimum Gasteiger partial charge on any atom is -0.158 e. The molecule has 0 unspecified atom stereocenters. The van der Waals surface area contributed by atoms with E-state index >= 15 is 0 Å². The molecule has 0 N–H and O–H groups in total. The first-order valence-electron chi connectivity index (χ1n) is 6.04. The Labute approximate surface area is 112 Å². The van der Waals surface area contributed by atoms with Crippen LogP contribution in [-0.2, 0) is 0 Å². The molecule has 0 saturated carbocycles. The normalized spacial score (nSPS) is 12.3. The Balaban J connectivity index is 1.80. The average molecular weight is 243 g/mol. The maximum Gasteiger partial charge on any atom is 0.0945 e. The predicted octanol–water partition coefficient (Wildman–Crippen LogP) is 2.92. The Morgan fingerprint density at radius 3 is 2.05 bits per heavy atom. The van der Waals surface area contributed by atoms with Crippen molar-refractivity contribution >= 4 is 5.71 Å². The van der Waals surface area contributed by atoms with Crippen molar-refractivity contribution in [2.45, 2.75) is 0 Å². The summed E-state index contributed by atoms with van der Waals surface area (Å²) in [6.07, 6.45) is 3.59. The van der Waals surface area contributed by atoms with Gasteiger partial charge in [0, 0.05) is 16.7 Å². The highest BCUT2D eigenvalue weighted by atomic mass is 15.3. The van der Waals surface area contributed by atoms with Crippen LogP contribution in [0.4, 0.5) is 0 Å². The van der Waals surface area contributed by atoms with Gasteiger partial charge < -0.3 is 0 Å². The van der Waals surface area contributed by atoms with Gasteiger partial charge in [0.1, 0.15) is 0 Å². The summed E-state index contributed by atoms with van der Waals surface area (Å²) in [6, 6.07) is 18.0. The van der Waals surface area contributed by atoms with Gasteiger partial charge in [-0.25, -0.2) is 0 Å². The lowest BCUT2D eigenvalue weighted by Gasteiger charge is -1.97. The van der Waals surface area contributed by atoms with Gasteiger partial charge >= 0.3 is 0 Å². The summed E-state index contributed by atoms with van der Waals surface area (Å²) in [5.74, 6) is 6.28. The van der Waals surface area contributed by atoms with Gasteiger partial charge in [0.25, 0.3) is 0 Å². The van der Waals surface area contributed by atoms with E-state index in [9.17, 15) is 0 Å². The van der Waals surface area contributed by atoms with E-state index in [4.69, 9.17) is 0 Å². The van der Waals surface area contributed by atoms with Gasteiger partial charge in [0.2, 0.25) is 0 Å². The van der Waals surface area contributed by atoms with Crippen LogP contribution in [0.15, 0.2) is 72.0 Å². The third-order valence-electron chi connectivity index (χ3n) is 2.77. The van der Waals surface area contributed by atoms with Gasteiger partial charge in [0.15, 0.2) is 0 Å². The molecule has 0 saturated heterocycles. The molecule has 1 radical (unpaired) electrons. The molecule has 0 amide bonds. The minimum absolute atomic E-state index is 0.891. The van der Waals surface area contributed by atoms with E-state index in [1.165, 1.54) is 0 Å². The zero-order valence-electron chi connectivity index (χ0n) is 10.2. The van der Waals surface area contributed by atoms with Gasteiger partial charge in [-0.3, -0.25) is 0 Å². The molecule has 89 valence electrons. The third kappa shape index (κ3) is 2.72. The van der Waals surface area contributed by atoms with Crippen LogP contribution in [-0.4, -0.2) is 5.71 Å². The van der Waals surface area contributed by atoms with Gasteiger partial charge in [-0.05, 0) is 30.3 Å². The van der Waals surface area contributed by atoms with Gasteiger partial charge in [0.05, 0.1) is 11.9 Å². The van der Waals surface area contributed by atoms with Crippen LogP contribution in [0, 0.1) is 11.8 Å². The monoisotopic (exact) mass is 243 g/mol. The summed E-state index contributed by atoms with van der Waals surface area (Å²) in [5, 5.41) is 4.02. The van der Waals surface area contributed by atoms with E-state index in [1.54, 1.807) is 6.20 Å². The van der Waals surface area contributed by atoms with Crippen molar-refractivity contribution in [2.24, 2.45) is 5.10 Å². The molecule has 1 aliphatic rings. The lowest BCUT2D eigenvalue weighted by atomic mass is 10.1. The predicted molar refractivity (Wildman–Crippen MR) is 76.7 cm³/mol. The molecule has 0 atom stereocenters. The molecule has 1 aliphatic heterocycles. The second-order valence-electron chi connectivity index (χ2n) is 4.11. The maximum atomic E-state index is 4.02. The van der Waals surface area contributed by atoms with Gasteiger partial charge in [-0.2, -0.15) is 10.5 Å². The molecule has 0 aliphatic carbocycles. The Bertz CT molecular complexity index is 684. The Kier molecular flexibility index (Phi) is 3.12. The van der Waals surface area contributed by atoms with Gasteiger partial charge in [-0.15, -0.1) is 0 Å². The molecule has 3 rings (SSSR count). The molecule has 1 heterocycles. The first kappa shape index (κ1) is 11.3. The van der Waals surface area contributed by atoms with Crippen LogP contribution in [0.1, 0.15) is 16.7 Å². The number of allylic oxidation sites excluding steroid dienone is 1. The van der Waals surface area contributed by atoms with Crippen LogP contribution >= 0.6 is 0 Å². The van der Waals surface area contributed by atoms with Crippen molar-refractivity contribution in [3.63, 3.8) is 0 Å². The number of rotatable bonds is 1. The third-order valence-corrected chi connectivity index (χ3v) is 2.77. The molecular weight excluding hydrogens is 232 g/mol. The van der Waals surface area contributed by atoms with Crippen LogP contribution in [0.3, 0.4) is 0 Å². The molecule has 0 spiro atoms. The molecule has 0 fully saturated rings. The Morgan fingerprint density at radius 1 is 0.737 bits per heavy atom. The lowest BCUT2D eigenvalue weighted by molar-refractivity contribution is 0.972. The summed E-state index contributed by atoms with van der Waals surface area (Å²) < 4.78 is 0. The van der Waals surface area contributed by atoms with Crippen molar-refractivity contribution in [2.75, 3.05) is 0 Å². The van der Waals surface area contributed by atoms with E-state index in [0.29, 0.717) is 0 Å². The first-order valence-corrected chi connectivity index (χ1v) is 6.04. The van der Waals surface area contributed by atoms with E-state index in [0.717, 1.165) is 22.4 Å². The molecule has 19 heavy (non-hydrogen) atoms. The largest absolute Gasteiger partial charge is 0.158 e. The number of hydrogen-bond donors (Lipinski definition) is 0. The molecular formula is C17H11N2. The van der Waals surface area contributed by atoms with Crippen molar-refractivity contribution in [1.82, 2.24) is 5.43 Å². The summed E-state index contributed by atoms with van der Waals surface area (Å²) in [7, 11) is 0. The smallest absolute Gasteiger partial charge is 0.0945 e. The van der Waals surface area contributed by atoms with E-state index in [2.05, 4.69) is 22.4 Å². The lowest BCUT2D eigenvalue weighted by Crippen LogP contribution is -1.94. The van der Waals surface area contributed by atoms with Crippen molar-refractivity contribution in [1.29, 1.82) is 0 Å². The molecule has 2 heteroatoms. The van der Waals surface area contributed by atoms with Crippen LogP contribution in [0.2, 0.25) is 0 Å². The molecule has 2 nitrogen and oxygen atoms in total. The SMILES string of the molecule is C(#Cc1ccc(C2=N[N]C=C2)cc1)c1ccccc1.